The van der Waals surface area contributed by atoms with Gasteiger partial charge in [-0.25, -0.2) is 0 Å². The molecule has 1 aromatic carbocycles. The highest BCUT2D eigenvalue weighted by Crippen LogP contribution is 2.28. The standard InChI is InChI=1S/C13H11BrClNO2/c1-7-5-8(2)12(9(15)6-7)16-13(17)10-3-4-11(14)18-10/h3-6H,1-2H3,(H,16,17). The molecule has 0 fully saturated rings. The number of rotatable bonds is 2. The van der Waals surface area contributed by atoms with Gasteiger partial charge in [-0.15, -0.1) is 0 Å². The van der Waals surface area contributed by atoms with E-state index in [-0.39, 0.29) is 11.7 Å². The van der Waals surface area contributed by atoms with E-state index in [1.807, 2.05) is 26.0 Å². The number of hydrogen-bond acceptors (Lipinski definition) is 2. The average Bonchev–Trinajstić information content (AvgIpc) is 2.70. The quantitative estimate of drug-likeness (QED) is 0.877. The summed E-state index contributed by atoms with van der Waals surface area (Å²) in [4.78, 5) is 11.9. The largest absolute Gasteiger partial charge is 0.444 e. The van der Waals surface area contributed by atoms with Crippen LogP contribution in [0, 0.1) is 13.8 Å². The van der Waals surface area contributed by atoms with Gasteiger partial charge < -0.3 is 9.73 Å². The molecule has 94 valence electrons. The smallest absolute Gasteiger partial charge is 0.291 e. The van der Waals surface area contributed by atoms with Crippen molar-refractivity contribution in [2.45, 2.75) is 13.8 Å². The first-order valence-electron chi connectivity index (χ1n) is 5.31. The van der Waals surface area contributed by atoms with Crippen molar-refractivity contribution in [3.8, 4) is 0 Å². The van der Waals surface area contributed by atoms with Crippen LogP contribution in [0.5, 0.6) is 0 Å². The Morgan fingerprint density at radius 1 is 1.33 bits per heavy atom. The van der Waals surface area contributed by atoms with Gasteiger partial charge in [-0.05, 0) is 59.1 Å². The molecular formula is C13H11BrClNO2. The molecule has 2 rings (SSSR count). The normalized spacial score (nSPS) is 10.4. The average molecular weight is 329 g/mol. The van der Waals surface area contributed by atoms with E-state index < -0.39 is 0 Å². The van der Waals surface area contributed by atoms with Gasteiger partial charge in [0.2, 0.25) is 0 Å². The summed E-state index contributed by atoms with van der Waals surface area (Å²) in [6, 6.07) is 7.02. The number of halogens is 2. The van der Waals surface area contributed by atoms with Gasteiger partial charge in [-0.1, -0.05) is 17.7 Å². The molecule has 0 aliphatic carbocycles. The Bertz CT molecular complexity index is 584. The lowest BCUT2D eigenvalue weighted by atomic mass is 10.1. The number of carbonyl (C=O) groups is 1. The van der Waals surface area contributed by atoms with Crippen molar-refractivity contribution >= 4 is 39.1 Å². The van der Waals surface area contributed by atoms with Crippen LogP contribution >= 0.6 is 27.5 Å². The lowest BCUT2D eigenvalue weighted by molar-refractivity contribution is 0.0995. The molecule has 1 amide bonds. The van der Waals surface area contributed by atoms with Gasteiger partial charge in [0.15, 0.2) is 10.4 Å². The maximum Gasteiger partial charge on any atom is 0.291 e. The minimum absolute atomic E-state index is 0.234. The molecule has 0 atom stereocenters. The number of furan rings is 1. The van der Waals surface area contributed by atoms with Crippen molar-refractivity contribution in [1.82, 2.24) is 0 Å². The van der Waals surface area contributed by atoms with Crippen molar-refractivity contribution in [2.24, 2.45) is 0 Å². The summed E-state index contributed by atoms with van der Waals surface area (Å²) < 4.78 is 5.70. The van der Waals surface area contributed by atoms with Gasteiger partial charge in [0, 0.05) is 0 Å². The summed E-state index contributed by atoms with van der Waals surface area (Å²) in [5.41, 5.74) is 2.58. The van der Waals surface area contributed by atoms with Crippen LogP contribution in [0.1, 0.15) is 21.7 Å². The van der Waals surface area contributed by atoms with Crippen LogP contribution in [-0.4, -0.2) is 5.91 Å². The molecule has 2 aromatic rings. The summed E-state index contributed by atoms with van der Waals surface area (Å²) in [7, 11) is 0. The first kappa shape index (κ1) is 13.2. The fourth-order valence-corrected chi connectivity index (χ4v) is 2.36. The topological polar surface area (TPSA) is 42.2 Å². The van der Waals surface area contributed by atoms with Gasteiger partial charge in [0.05, 0.1) is 10.7 Å². The van der Waals surface area contributed by atoms with Crippen LogP contribution in [0.4, 0.5) is 5.69 Å². The minimum Gasteiger partial charge on any atom is -0.444 e. The van der Waals surface area contributed by atoms with E-state index in [9.17, 15) is 4.79 Å². The number of hydrogen-bond donors (Lipinski definition) is 1. The Morgan fingerprint density at radius 2 is 2.06 bits per heavy atom. The summed E-state index contributed by atoms with van der Waals surface area (Å²) in [5.74, 6) is -0.0903. The molecule has 3 nitrogen and oxygen atoms in total. The van der Waals surface area contributed by atoms with Crippen LogP contribution in [0.3, 0.4) is 0 Å². The van der Waals surface area contributed by atoms with Gasteiger partial charge >= 0.3 is 0 Å². The van der Waals surface area contributed by atoms with Crippen molar-refractivity contribution in [2.75, 3.05) is 5.32 Å². The van der Waals surface area contributed by atoms with E-state index in [4.69, 9.17) is 16.0 Å². The zero-order valence-corrected chi connectivity index (χ0v) is 12.2. The molecule has 18 heavy (non-hydrogen) atoms. The number of amides is 1. The molecule has 0 bridgehead atoms. The van der Waals surface area contributed by atoms with E-state index >= 15 is 0 Å². The fraction of sp³-hybridized carbons (Fsp3) is 0.154. The summed E-state index contributed by atoms with van der Waals surface area (Å²) in [6.45, 7) is 3.85. The first-order chi connectivity index (χ1) is 8.47. The number of anilines is 1. The Hall–Kier alpha value is -1.26. The van der Waals surface area contributed by atoms with Gasteiger partial charge in [-0.3, -0.25) is 4.79 Å². The summed E-state index contributed by atoms with van der Waals surface area (Å²) >= 11 is 9.27. The SMILES string of the molecule is Cc1cc(C)c(NC(=O)c2ccc(Br)o2)c(Cl)c1. The second-order valence-corrected chi connectivity index (χ2v) is 5.19. The van der Waals surface area contributed by atoms with Crippen molar-refractivity contribution in [3.05, 3.63) is 50.8 Å². The van der Waals surface area contributed by atoms with Crippen LogP contribution in [-0.2, 0) is 0 Å². The van der Waals surface area contributed by atoms with Gasteiger partial charge in [-0.2, -0.15) is 0 Å². The van der Waals surface area contributed by atoms with E-state index in [0.717, 1.165) is 11.1 Å². The molecule has 0 saturated heterocycles. The third-order valence-corrected chi connectivity index (χ3v) is 3.19. The Balaban J connectivity index is 2.27. The minimum atomic E-state index is -0.324. The van der Waals surface area contributed by atoms with Gasteiger partial charge in [0.25, 0.3) is 5.91 Å². The van der Waals surface area contributed by atoms with E-state index in [2.05, 4.69) is 21.2 Å². The zero-order chi connectivity index (χ0) is 13.3. The molecule has 0 saturated carbocycles. The number of aryl methyl sites for hydroxylation is 2. The van der Waals surface area contributed by atoms with Crippen LogP contribution < -0.4 is 5.32 Å². The highest BCUT2D eigenvalue weighted by Gasteiger charge is 2.14. The fourth-order valence-electron chi connectivity index (χ4n) is 1.69. The third-order valence-electron chi connectivity index (χ3n) is 2.47. The zero-order valence-electron chi connectivity index (χ0n) is 9.88. The maximum absolute atomic E-state index is 11.9. The molecule has 0 spiro atoms. The van der Waals surface area contributed by atoms with Crippen LogP contribution in [0.25, 0.3) is 0 Å². The molecular weight excluding hydrogens is 318 g/mol. The first-order valence-corrected chi connectivity index (χ1v) is 6.48. The lowest BCUT2D eigenvalue weighted by Gasteiger charge is -2.10. The molecule has 1 aromatic heterocycles. The number of benzene rings is 1. The van der Waals surface area contributed by atoms with Crippen molar-refractivity contribution in [3.63, 3.8) is 0 Å². The molecule has 1 N–H and O–H groups in total. The lowest BCUT2D eigenvalue weighted by Crippen LogP contribution is -2.12. The molecule has 0 aliphatic rings. The monoisotopic (exact) mass is 327 g/mol. The molecule has 5 heteroatoms. The maximum atomic E-state index is 11.9. The predicted octanol–water partition coefficient (Wildman–Crippen LogP) is 4.56. The molecule has 1 heterocycles. The molecule has 0 radical (unpaired) electrons. The van der Waals surface area contributed by atoms with Gasteiger partial charge in [0.1, 0.15) is 0 Å². The Labute approximate surface area is 118 Å². The third kappa shape index (κ3) is 2.76. The van der Waals surface area contributed by atoms with Crippen molar-refractivity contribution < 1.29 is 9.21 Å². The van der Waals surface area contributed by atoms with E-state index in [0.29, 0.717) is 15.4 Å². The molecule has 0 unspecified atom stereocenters. The summed E-state index contributed by atoms with van der Waals surface area (Å²) in [6.07, 6.45) is 0. The van der Waals surface area contributed by atoms with Crippen molar-refractivity contribution in [1.29, 1.82) is 0 Å². The second kappa shape index (κ2) is 5.16. The van der Waals surface area contributed by atoms with Crippen LogP contribution in [0.15, 0.2) is 33.4 Å². The number of carbonyl (C=O) groups excluding carboxylic acids is 1. The number of nitrogens with one attached hydrogen (secondary N) is 1. The molecule has 0 aliphatic heterocycles. The Morgan fingerprint density at radius 3 is 2.61 bits per heavy atom. The Kier molecular flexibility index (Phi) is 3.78. The second-order valence-electron chi connectivity index (χ2n) is 4.00. The van der Waals surface area contributed by atoms with Crippen LogP contribution in [0.2, 0.25) is 5.02 Å². The highest BCUT2D eigenvalue weighted by molar-refractivity contribution is 9.10. The predicted molar refractivity (Wildman–Crippen MR) is 75.3 cm³/mol. The van der Waals surface area contributed by atoms with E-state index in [1.54, 1.807) is 12.1 Å². The highest BCUT2D eigenvalue weighted by atomic mass is 79.9. The van der Waals surface area contributed by atoms with E-state index in [1.165, 1.54) is 0 Å². The summed E-state index contributed by atoms with van der Waals surface area (Å²) in [5, 5.41) is 3.27.